The second-order valence-corrected chi connectivity index (χ2v) is 4.15. The normalized spacial score (nSPS) is 41.3. The molecule has 1 aliphatic rings. The van der Waals surface area contributed by atoms with E-state index in [1.54, 1.807) is 0 Å². The van der Waals surface area contributed by atoms with Crippen LogP contribution in [0.1, 0.15) is 34.1 Å². The minimum Gasteiger partial charge on any atom is -0.0622 e. The average molecular weight is 125 g/mol. The summed E-state index contributed by atoms with van der Waals surface area (Å²) in [6, 6.07) is 0. The third-order valence-corrected chi connectivity index (χ3v) is 2.70. The number of hydrogen-bond donors (Lipinski definition) is 0. The molecule has 1 rings (SSSR count). The molecule has 0 spiro atoms. The third-order valence-electron chi connectivity index (χ3n) is 2.70. The SMILES string of the molecule is CC1[CH]C(C)C(C)(C)C1. The summed E-state index contributed by atoms with van der Waals surface area (Å²) in [6.45, 7) is 9.35. The summed E-state index contributed by atoms with van der Waals surface area (Å²) in [5.41, 5.74) is 0.569. The van der Waals surface area contributed by atoms with Gasteiger partial charge in [-0.25, -0.2) is 0 Å². The molecule has 0 aromatic rings. The van der Waals surface area contributed by atoms with E-state index in [1.807, 2.05) is 0 Å². The topological polar surface area (TPSA) is 0 Å². The van der Waals surface area contributed by atoms with Crippen molar-refractivity contribution < 1.29 is 0 Å². The Morgan fingerprint density at radius 3 is 2.00 bits per heavy atom. The maximum absolute atomic E-state index is 2.47. The van der Waals surface area contributed by atoms with Crippen molar-refractivity contribution in [3.05, 3.63) is 6.42 Å². The van der Waals surface area contributed by atoms with E-state index >= 15 is 0 Å². The quantitative estimate of drug-likeness (QED) is 0.467. The maximum Gasteiger partial charge on any atom is -0.0323 e. The summed E-state index contributed by atoms with van der Waals surface area (Å²) >= 11 is 0. The van der Waals surface area contributed by atoms with Gasteiger partial charge in [-0.15, -0.1) is 0 Å². The van der Waals surface area contributed by atoms with Gasteiger partial charge < -0.3 is 0 Å². The zero-order valence-electron chi connectivity index (χ0n) is 6.94. The highest BCUT2D eigenvalue weighted by Crippen LogP contribution is 2.44. The van der Waals surface area contributed by atoms with Gasteiger partial charge in [0, 0.05) is 0 Å². The molecule has 0 saturated heterocycles. The van der Waals surface area contributed by atoms with Crippen LogP contribution in [0.4, 0.5) is 0 Å². The van der Waals surface area contributed by atoms with Gasteiger partial charge in [0.2, 0.25) is 0 Å². The van der Waals surface area contributed by atoms with Gasteiger partial charge in [0.15, 0.2) is 0 Å². The molecule has 1 fully saturated rings. The first-order valence-corrected chi connectivity index (χ1v) is 3.87. The zero-order valence-corrected chi connectivity index (χ0v) is 6.94. The highest BCUT2D eigenvalue weighted by molar-refractivity contribution is 4.97. The molecule has 0 bridgehead atoms. The van der Waals surface area contributed by atoms with Crippen molar-refractivity contribution in [2.24, 2.45) is 17.3 Å². The van der Waals surface area contributed by atoms with Crippen molar-refractivity contribution in [2.45, 2.75) is 34.1 Å². The van der Waals surface area contributed by atoms with Crippen molar-refractivity contribution in [3.8, 4) is 0 Å². The predicted molar refractivity (Wildman–Crippen MR) is 41.0 cm³/mol. The van der Waals surface area contributed by atoms with Gasteiger partial charge in [-0.1, -0.05) is 27.7 Å². The Hall–Kier alpha value is 0. The summed E-state index contributed by atoms with van der Waals surface area (Å²) in [5.74, 6) is 1.66. The Morgan fingerprint density at radius 1 is 1.33 bits per heavy atom. The van der Waals surface area contributed by atoms with Crippen molar-refractivity contribution >= 4 is 0 Å². The molecule has 0 aliphatic heterocycles. The van der Waals surface area contributed by atoms with Crippen molar-refractivity contribution in [2.75, 3.05) is 0 Å². The first-order chi connectivity index (χ1) is 4.02. The second-order valence-electron chi connectivity index (χ2n) is 4.15. The molecule has 1 aliphatic carbocycles. The third kappa shape index (κ3) is 1.28. The van der Waals surface area contributed by atoms with E-state index in [2.05, 4.69) is 34.1 Å². The van der Waals surface area contributed by atoms with Gasteiger partial charge in [-0.05, 0) is 30.1 Å². The van der Waals surface area contributed by atoms with Crippen LogP contribution in [-0.2, 0) is 0 Å². The lowest BCUT2D eigenvalue weighted by atomic mass is 9.83. The molecule has 0 aromatic carbocycles. The Kier molecular flexibility index (Phi) is 1.58. The lowest BCUT2D eigenvalue weighted by Gasteiger charge is -2.22. The van der Waals surface area contributed by atoms with E-state index in [1.165, 1.54) is 6.42 Å². The molecule has 0 amide bonds. The summed E-state index contributed by atoms with van der Waals surface area (Å²) in [6.07, 6.45) is 3.84. The van der Waals surface area contributed by atoms with Gasteiger partial charge >= 0.3 is 0 Å². The van der Waals surface area contributed by atoms with Crippen LogP contribution < -0.4 is 0 Å². The first kappa shape index (κ1) is 7.11. The first-order valence-electron chi connectivity index (χ1n) is 3.87. The minimum absolute atomic E-state index is 0.569. The molecular formula is C9H17. The molecule has 0 nitrogen and oxygen atoms in total. The number of hydrogen-bond acceptors (Lipinski definition) is 0. The van der Waals surface area contributed by atoms with E-state index in [4.69, 9.17) is 0 Å². The van der Waals surface area contributed by atoms with Gasteiger partial charge in [-0.3, -0.25) is 0 Å². The summed E-state index contributed by atoms with van der Waals surface area (Å²) in [5, 5.41) is 0. The van der Waals surface area contributed by atoms with Crippen LogP contribution >= 0.6 is 0 Å². The van der Waals surface area contributed by atoms with Crippen LogP contribution in [0.25, 0.3) is 0 Å². The molecule has 1 radical (unpaired) electrons. The van der Waals surface area contributed by atoms with Crippen LogP contribution in [0.15, 0.2) is 0 Å². The fourth-order valence-corrected chi connectivity index (χ4v) is 1.84. The fourth-order valence-electron chi connectivity index (χ4n) is 1.84. The second kappa shape index (κ2) is 2.00. The van der Waals surface area contributed by atoms with Crippen LogP contribution in [0.2, 0.25) is 0 Å². The lowest BCUT2D eigenvalue weighted by Crippen LogP contribution is -2.13. The molecule has 0 aromatic heterocycles. The van der Waals surface area contributed by atoms with E-state index in [0.717, 1.165) is 11.8 Å². The van der Waals surface area contributed by atoms with Gasteiger partial charge in [0.05, 0.1) is 0 Å². The Morgan fingerprint density at radius 2 is 1.89 bits per heavy atom. The van der Waals surface area contributed by atoms with Gasteiger partial charge in [0.25, 0.3) is 0 Å². The van der Waals surface area contributed by atoms with E-state index in [0.29, 0.717) is 5.41 Å². The van der Waals surface area contributed by atoms with Crippen molar-refractivity contribution in [1.82, 2.24) is 0 Å². The number of rotatable bonds is 0. The highest BCUT2D eigenvalue weighted by atomic mass is 14.4. The maximum atomic E-state index is 2.47. The molecule has 53 valence electrons. The summed E-state index contributed by atoms with van der Waals surface area (Å²) in [4.78, 5) is 0. The Bertz CT molecular complexity index is 103. The van der Waals surface area contributed by atoms with E-state index in [9.17, 15) is 0 Å². The van der Waals surface area contributed by atoms with Crippen LogP contribution in [-0.4, -0.2) is 0 Å². The van der Waals surface area contributed by atoms with Crippen molar-refractivity contribution in [1.29, 1.82) is 0 Å². The van der Waals surface area contributed by atoms with Gasteiger partial charge in [0.1, 0.15) is 0 Å². The monoisotopic (exact) mass is 125 g/mol. The predicted octanol–water partition coefficient (Wildman–Crippen LogP) is 2.89. The average Bonchev–Trinajstić information content (AvgIpc) is 1.79. The minimum atomic E-state index is 0.569. The molecule has 0 N–H and O–H groups in total. The van der Waals surface area contributed by atoms with Crippen LogP contribution in [0.5, 0.6) is 0 Å². The van der Waals surface area contributed by atoms with Gasteiger partial charge in [-0.2, -0.15) is 0 Å². The Balaban J connectivity index is 2.58. The fraction of sp³-hybridized carbons (Fsp3) is 0.889. The van der Waals surface area contributed by atoms with Crippen LogP contribution in [0, 0.1) is 23.7 Å². The molecule has 2 unspecified atom stereocenters. The summed E-state index contributed by atoms with van der Waals surface area (Å²) < 4.78 is 0. The molecule has 0 heterocycles. The van der Waals surface area contributed by atoms with Crippen LogP contribution in [0.3, 0.4) is 0 Å². The molecule has 1 saturated carbocycles. The molecular weight excluding hydrogens is 108 g/mol. The lowest BCUT2D eigenvalue weighted by molar-refractivity contribution is 0.291. The summed E-state index contributed by atoms with van der Waals surface area (Å²) in [7, 11) is 0. The smallest absolute Gasteiger partial charge is 0.0323 e. The zero-order chi connectivity index (χ0) is 7.07. The van der Waals surface area contributed by atoms with Crippen molar-refractivity contribution in [3.63, 3.8) is 0 Å². The highest BCUT2D eigenvalue weighted by Gasteiger charge is 2.35. The molecule has 0 heteroatoms. The van der Waals surface area contributed by atoms with E-state index < -0.39 is 0 Å². The van der Waals surface area contributed by atoms with E-state index in [-0.39, 0.29) is 0 Å². The standard InChI is InChI=1S/C9H17/c1-7-5-8(2)9(3,4)6-7/h5,7-8H,6H2,1-4H3. The Labute approximate surface area is 58.7 Å². The largest absolute Gasteiger partial charge is 0.0622 e. The molecule has 2 atom stereocenters. The molecule has 9 heavy (non-hydrogen) atoms.